The molecule has 0 fully saturated rings. The van der Waals surface area contributed by atoms with Crippen LogP contribution in [0.3, 0.4) is 0 Å². The number of benzene rings is 1. The fraction of sp³-hybridized carbons (Fsp3) is 0.154. The Morgan fingerprint density at radius 1 is 1.37 bits per heavy atom. The molecule has 1 aromatic carbocycles. The minimum Gasteiger partial charge on any atom is -0.479 e. The Morgan fingerprint density at radius 3 is 2.84 bits per heavy atom. The molecule has 3 N–H and O–H groups in total. The maximum absolute atomic E-state index is 11.5. The summed E-state index contributed by atoms with van der Waals surface area (Å²) in [6, 6.07) is 8.41. The summed E-state index contributed by atoms with van der Waals surface area (Å²) in [5, 5.41) is 2.86. The third-order valence-corrected chi connectivity index (χ3v) is 2.49. The third-order valence-electron chi connectivity index (χ3n) is 2.49. The quantitative estimate of drug-likeness (QED) is 0.865. The number of amides is 3. The number of carbonyl (C=O) groups excluding carboxylic acids is 2. The van der Waals surface area contributed by atoms with Crippen LogP contribution in [0.2, 0.25) is 0 Å². The van der Waals surface area contributed by atoms with E-state index < -0.39 is 18.0 Å². The summed E-state index contributed by atoms with van der Waals surface area (Å²) in [6.45, 7) is 1.52. The molecule has 0 saturated carbocycles. The maximum Gasteiger partial charge on any atom is 0.318 e. The summed E-state index contributed by atoms with van der Waals surface area (Å²) in [5.41, 5.74) is 5.70. The molecule has 1 atom stereocenters. The summed E-state index contributed by atoms with van der Waals surface area (Å²) in [4.78, 5) is 26.2. The van der Waals surface area contributed by atoms with Crippen molar-refractivity contribution < 1.29 is 14.3 Å². The van der Waals surface area contributed by atoms with Crippen LogP contribution >= 0.6 is 0 Å². The number of aromatic nitrogens is 1. The number of hydrogen-bond donors (Lipinski definition) is 2. The first-order chi connectivity index (χ1) is 9.06. The van der Waals surface area contributed by atoms with Crippen LogP contribution in [0.4, 0.5) is 4.79 Å². The second-order valence-corrected chi connectivity index (χ2v) is 3.98. The van der Waals surface area contributed by atoms with Gasteiger partial charge in [-0.15, -0.1) is 0 Å². The molecular formula is C13H13N3O3. The first kappa shape index (κ1) is 12.8. The van der Waals surface area contributed by atoms with Gasteiger partial charge in [0.05, 0.1) is 11.7 Å². The number of nitrogens with zero attached hydrogens (tertiary/aromatic N) is 1. The Balaban J connectivity index is 2.12. The van der Waals surface area contributed by atoms with Crippen LogP contribution in [-0.4, -0.2) is 23.0 Å². The van der Waals surface area contributed by atoms with Crippen LogP contribution in [0.25, 0.3) is 10.9 Å². The normalized spacial score (nSPS) is 11.8. The number of pyridine rings is 1. The second-order valence-electron chi connectivity index (χ2n) is 3.98. The zero-order valence-corrected chi connectivity index (χ0v) is 10.3. The van der Waals surface area contributed by atoms with Gasteiger partial charge in [0, 0.05) is 5.39 Å². The Kier molecular flexibility index (Phi) is 3.61. The topological polar surface area (TPSA) is 94.3 Å². The van der Waals surface area contributed by atoms with Gasteiger partial charge >= 0.3 is 6.03 Å². The molecule has 3 amide bonds. The Morgan fingerprint density at radius 2 is 2.11 bits per heavy atom. The van der Waals surface area contributed by atoms with Gasteiger partial charge in [-0.25, -0.2) is 4.79 Å². The minimum atomic E-state index is -0.905. The lowest BCUT2D eigenvalue weighted by Gasteiger charge is -2.13. The van der Waals surface area contributed by atoms with Crippen molar-refractivity contribution >= 4 is 22.8 Å². The van der Waals surface area contributed by atoms with Crippen LogP contribution < -0.4 is 15.8 Å². The SMILES string of the molecule is CC(Oc1cnc2ccccc2c1)C(=O)NC(N)=O. The van der Waals surface area contributed by atoms with E-state index in [-0.39, 0.29) is 0 Å². The highest BCUT2D eigenvalue weighted by Crippen LogP contribution is 2.18. The predicted octanol–water partition coefficient (Wildman–Crippen LogP) is 1.20. The number of rotatable bonds is 3. The largest absolute Gasteiger partial charge is 0.479 e. The van der Waals surface area contributed by atoms with Gasteiger partial charge in [-0.1, -0.05) is 18.2 Å². The van der Waals surface area contributed by atoms with E-state index in [1.807, 2.05) is 29.6 Å². The Labute approximate surface area is 109 Å². The highest BCUT2D eigenvalue weighted by molar-refractivity contribution is 5.95. The van der Waals surface area contributed by atoms with E-state index in [0.717, 1.165) is 10.9 Å². The lowest BCUT2D eigenvalue weighted by atomic mass is 10.2. The molecule has 2 aromatic rings. The highest BCUT2D eigenvalue weighted by Gasteiger charge is 2.16. The molecule has 0 aliphatic rings. The molecule has 0 aliphatic heterocycles. The van der Waals surface area contributed by atoms with Crippen molar-refractivity contribution in [3.8, 4) is 5.75 Å². The van der Waals surface area contributed by atoms with E-state index in [2.05, 4.69) is 4.98 Å². The number of ether oxygens (including phenoxy) is 1. The Hall–Kier alpha value is -2.63. The van der Waals surface area contributed by atoms with Crippen molar-refractivity contribution in [1.82, 2.24) is 10.3 Å². The van der Waals surface area contributed by atoms with E-state index in [4.69, 9.17) is 10.5 Å². The van der Waals surface area contributed by atoms with Crippen LogP contribution in [0.15, 0.2) is 36.5 Å². The zero-order valence-electron chi connectivity index (χ0n) is 10.3. The molecule has 0 bridgehead atoms. The van der Waals surface area contributed by atoms with Gasteiger partial charge in [-0.3, -0.25) is 15.1 Å². The van der Waals surface area contributed by atoms with Crippen molar-refractivity contribution in [2.75, 3.05) is 0 Å². The molecular weight excluding hydrogens is 246 g/mol. The average molecular weight is 259 g/mol. The first-order valence-corrected chi connectivity index (χ1v) is 5.68. The van der Waals surface area contributed by atoms with E-state index in [0.29, 0.717) is 5.75 Å². The third kappa shape index (κ3) is 3.19. The zero-order chi connectivity index (χ0) is 13.8. The van der Waals surface area contributed by atoms with Crippen LogP contribution in [0.5, 0.6) is 5.75 Å². The van der Waals surface area contributed by atoms with E-state index >= 15 is 0 Å². The molecule has 1 heterocycles. The molecule has 1 unspecified atom stereocenters. The van der Waals surface area contributed by atoms with Crippen molar-refractivity contribution in [3.05, 3.63) is 36.5 Å². The molecule has 0 aliphatic carbocycles. The summed E-state index contributed by atoms with van der Waals surface area (Å²) >= 11 is 0. The van der Waals surface area contributed by atoms with Crippen molar-refractivity contribution in [1.29, 1.82) is 0 Å². The standard InChI is InChI=1S/C13H13N3O3/c1-8(12(17)16-13(14)18)19-10-6-9-4-2-3-5-11(9)15-7-10/h2-8H,1H3,(H3,14,16,17,18). The van der Waals surface area contributed by atoms with Gasteiger partial charge in [0.15, 0.2) is 6.10 Å². The number of fused-ring (bicyclic) bond motifs is 1. The summed E-state index contributed by atoms with van der Waals surface area (Å²) in [7, 11) is 0. The number of nitrogens with two attached hydrogens (primary N) is 1. The Bertz CT molecular complexity index is 627. The molecule has 2 rings (SSSR count). The first-order valence-electron chi connectivity index (χ1n) is 5.68. The monoisotopic (exact) mass is 259 g/mol. The molecule has 6 nitrogen and oxygen atoms in total. The van der Waals surface area contributed by atoms with Gasteiger partial charge in [0.25, 0.3) is 5.91 Å². The summed E-state index contributed by atoms with van der Waals surface area (Å²) in [6.07, 6.45) is 0.687. The molecule has 1 aromatic heterocycles. The second kappa shape index (κ2) is 5.34. The van der Waals surface area contributed by atoms with Gasteiger partial charge in [0.1, 0.15) is 5.75 Å². The number of nitrogens with one attached hydrogen (secondary N) is 1. The van der Waals surface area contributed by atoms with Crippen molar-refractivity contribution in [3.63, 3.8) is 0 Å². The predicted molar refractivity (Wildman–Crippen MR) is 69.6 cm³/mol. The number of hydrogen-bond acceptors (Lipinski definition) is 4. The lowest BCUT2D eigenvalue weighted by molar-refractivity contribution is -0.126. The fourth-order valence-corrected chi connectivity index (χ4v) is 1.60. The van der Waals surface area contributed by atoms with Crippen molar-refractivity contribution in [2.24, 2.45) is 5.73 Å². The van der Waals surface area contributed by atoms with E-state index in [1.165, 1.54) is 13.1 Å². The van der Waals surface area contributed by atoms with Crippen LogP contribution in [0.1, 0.15) is 6.92 Å². The summed E-state index contributed by atoms with van der Waals surface area (Å²) in [5.74, 6) is -0.147. The number of primary amides is 1. The fourth-order valence-electron chi connectivity index (χ4n) is 1.60. The minimum absolute atomic E-state index is 0.450. The van der Waals surface area contributed by atoms with Gasteiger partial charge in [0.2, 0.25) is 0 Å². The van der Waals surface area contributed by atoms with Gasteiger partial charge < -0.3 is 10.5 Å². The molecule has 0 saturated heterocycles. The van der Waals surface area contributed by atoms with Crippen LogP contribution in [0, 0.1) is 0 Å². The van der Waals surface area contributed by atoms with E-state index in [1.54, 1.807) is 6.07 Å². The molecule has 98 valence electrons. The number of urea groups is 1. The number of para-hydroxylation sites is 1. The van der Waals surface area contributed by atoms with Crippen LogP contribution in [-0.2, 0) is 4.79 Å². The average Bonchev–Trinajstić information content (AvgIpc) is 2.37. The highest BCUT2D eigenvalue weighted by atomic mass is 16.5. The van der Waals surface area contributed by atoms with E-state index in [9.17, 15) is 9.59 Å². The maximum atomic E-state index is 11.5. The number of imide groups is 1. The summed E-state index contributed by atoms with van der Waals surface area (Å²) < 4.78 is 5.40. The van der Waals surface area contributed by atoms with Gasteiger partial charge in [-0.05, 0) is 19.1 Å². The van der Waals surface area contributed by atoms with Gasteiger partial charge in [-0.2, -0.15) is 0 Å². The smallest absolute Gasteiger partial charge is 0.318 e. The lowest BCUT2D eigenvalue weighted by Crippen LogP contribution is -2.42. The molecule has 0 radical (unpaired) electrons. The molecule has 0 spiro atoms. The molecule has 6 heteroatoms. The molecule has 19 heavy (non-hydrogen) atoms. The number of carbonyl (C=O) groups is 2. The van der Waals surface area contributed by atoms with Crippen molar-refractivity contribution in [2.45, 2.75) is 13.0 Å².